The van der Waals surface area contributed by atoms with Gasteiger partial charge in [-0.15, -0.1) is 0 Å². The number of amides is 1. The molecule has 0 saturated carbocycles. The normalized spacial score (nSPS) is 10.5. The van der Waals surface area contributed by atoms with Gasteiger partial charge in [-0.05, 0) is 36.8 Å². The molecule has 0 atom stereocenters. The van der Waals surface area contributed by atoms with Crippen molar-refractivity contribution in [2.24, 2.45) is 0 Å². The molecule has 1 amide bonds. The van der Waals surface area contributed by atoms with E-state index in [9.17, 15) is 4.79 Å². The van der Waals surface area contributed by atoms with Gasteiger partial charge in [0.1, 0.15) is 12.1 Å². The van der Waals surface area contributed by atoms with Crippen LogP contribution in [0.5, 0.6) is 0 Å². The van der Waals surface area contributed by atoms with Crippen LogP contribution in [0.3, 0.4) is 0 Å². The number of aryl methyl sites for hydroxylation is 1. The molecule has 0 aliphatic heterocycles. The molecular weight excluding hydrogens is 300 g/mol. The monoisotopic (exact) mass is 312 g/mol. The average molecular weight is 313 g/mol. The molecule has 2 heterocycles. The highest BCUT2D eigenvalue weighted by atomic mass is 35.5. The third-order valence-corrected chi connectivity index (χ3v) is 3.46. The number of benzene rings is 1. The van der Waals surface area contributed by atoms with Gasteiger partial charge in [0.05, 0.1) is 0 Å². The number of nitrogens with zero attached hydrogens (tertiary/aromatic N) is 3. The second-order valence-electron chi connectivity index (χ2n) is 4.79. The minimum Gasteiger partial charge on any atom is -0.322 e. The Bertz CT molecular complexity index is 815. The van der Waals surface area contributed by atoms with E-state index in [0.29, 0.717) is 22.1 Å². The molecule has 3 aromatic rings. The number of imidazole rings is 1. The number of hydrogen-bond donors (Lipinski definition) is 1. The first-order valence-corrected chi connectivity index (χ1v) is 7.03. The van der Waals surface area contributed by atoms with Crippen LogP contribution in [0.4, 0.5) is 5.69 Å². The van der Waals surface area contributed by atoms with Crippen molar-refractivity contribution in [1.29, 1.82) is 0 Å². The number of pyridine rings is 1. The van der Waals surface area contributed by atoms with E-state index >= 15 is 0 Å². The molecule has 0 spiro atoms. The predicted octanol–water partition coefficient (Wildman–Crippen LogP) is 3.48. The molecule has 0 fully saturated rings. The molecule has 0 radical (unpaired) electrons. The Balaban J connectivity index is 1.86. The Morgan fingerprint density at radius 3 is 2.86 bits per heavy atom. The molecule has 5 nitrogen and oxygen atoms in total. The summed E-state index contributed by atoms with van der Waals surface area (Å²) in [4.78, 5) is 20.6. The van der Waals surface area contributed by atoms with Crippen molar-refractivity contribution in [3.63, 3.8) is 0 Å². The van der Waals surface area contributed by atoms with Gasteiger partial charge in [0.2, 0.25) is 0 Å². The molecule has 1 N–H and O–H groups in total. The van der Waals surface area contributed by atoms with Crippen LogP contribution in [-0.4, -0.2) is 20.4 Å². The summed E-state index contributed by atoms with van der Waals surface area (Å²) in [5.41, 5.74) is 2.15. The fourth-order valence-corrected chi connectivity index (χ4v) is 2.19. The van der Waals surface area contributed by atoms with Crippen LogP contribution < -0.4 is 5.32 Å². The van der Waals surface area contributed by atoms with E-state index in [1.54, 1.807) is 53.8 Å². The molecule has 0 bridgehead atoms. The zero-order valence-electron chi connectivity index (χ0n) is 11.8. The second kappa shape index (κ2) is 5.99. The summed E-state index contributed by atoms with van der Waals surface area (Å²) in [6.07, 6.45) is 6.65. The molecule has 2 aromatic heterocycles. The van der Waals surface area contributed by atoms with Crippen LogP contribution in [0.25, 0.3) is 5.82 Å². The van der Waals surface area contributed by atoms with Gasteiger partial charge < -0.3 is 5.32 Å². The molecule has 0 aliphatic rings. The summed E-state index contributed by atoms with van der Waals surface area (Å²) in [5.74, 6) is 0.419. The molecule has 1 aromatic carbocycles. The highest BCUT2D eigenvalue weighted by Crippen LogP contribution is 2.21. The SMILES string of the molecule is Cc1ccc(Cl)cc1NC(=O)c1ccnc(-n2ccnc2)c1. The van der Waals surface area contributed by atoms with Gasteiger partial charge in [0, 0.05) is 34.9 Å². The quantitative estimate of drug-likeness (QED) is 0.805. The number of carbonyl (C=O) groups is 1. The number of aromatic nitrogens is 3. The van der Waals surface area contributed by atoms with Gasteiger partial charge in [0.15, 0.2) is 0 Å². The van der Waals surface area contributed by atoms with E-state index in [4.69, 9.17) is 11.6 Å². The number of anilines is 1. The first kappa shape index (κ1) is 14.3. The first-order valence-electron chi connectivity index (χ1n) is 6.65. The summed E-state index contributed by atoms with van der Waals surface area (Å²) >= 11 is 5.97. The highest BCUT2D eigenvalue weighted by molar-refractivity contribution is 6.31. The van der Waals surface area contributed by atoms with Gasteiger partial charge >= 0.3 is 0 Å². The van der Waals surface area contributed by atoms with Crippen LogP contribution in [0.1, 0.15) is 15.9 Å². The standard InChI is InChI=1S/C16H13ClN4O/c1-11-2-3-13(17)9-14(11)20-16(22)12-4-5-19-15(8-12)21-7-6-18-10-21/h2-10H,1H3,(H,20,22). The Hall–Kier alpha value is -2.66. The van der Waals surface area contributed by atoms with E-state index in [1.807, 2.05) is 13.0 Å². The minimum atomic E-state index is -0.214. The molecule has 0 unspecified atom stereocenters. The van der Waals surface area contributed by atoms with E-state index in [1.165, 1.54) is 0 Å². The summed E-state index contributed by atoms with van der Waals surface area (Å²) in [6.45, 7) is 1.91. The van der Waals surface area contributed by atoms with Gasteiger partial charge in [-0.1, -0.05) is 17.7 Å². The van der Waals surface area contributed by atoms with E-state index in [0.717, 1.165) is 5.56 Å². The third kappa shape index (κ3) is 2.99. The molecule has 6 heteroatoms. The lowest BCUT2D eigenvalue weighted by atomic mass is 10.2. The number of rotatable bonds is 3. The Labute approximate surface area is 132 Å². The number of hydrogen-bond acceptors (Lipinski definition) is 3. The second-order valence-corrected chi connectivity index (χ2v) is 5.22. The first-order chi connectivity index (χ1) is 10.6. The average Bonchev–Trinajstić information content (AvgIpc) is 3.05. The van der Waals surface area contributed by atoms with Gasteiger partial charge in [-0.2, -0.15) is 0 Å². The van der Waals surface area contributed by atoms with Crippen molar-refractivity contribution in [3.05, 3.63) is 71.4 Å². The summed E-state index contributed by atoms with van der Waals surface area (Å²) in [6, 6.07) is 8.75. The molecule has 22 heavy (non-hydrogen) atoms. The van der Waals surface area contributed by atoms with Crippen LogP contribution in [-0.2, 0) is 0 Å². The Morgan fingerprint density at radius 1 is 1.23 bits per heavy atom. The lowest BCUT2D eigenvalue weighted by molar-refractivity contribution is 0.102. The van der Waals surface area contributed by atoms with Crippen LogP contribution in [0, 0.1) is 6.92 Å². The van der Waals surface area contributed by atoms with Gasteiger partial charge in [-0.3, -0.25) is 9.36 Å². The fourth-order valence-electron chi connectivity index (χ4n) is 2.02. The maximum absolute atomic E-state index is 12.4. The van der Waals surface area contributed by atoms with E-state index < -0.39 is 0 Å². The van der Waals surface area contributed by atoms with Crippen molar-refractivity contribution in [2.45, 2.75) is 6.92 Å². The molecular formula is C16H13ClN4O. The van der Waals surface area contributed by atoms with Crippen molar-refractivity contribution < 1.29 is 4.79 Å². The van der Waals surface area contributed by atoms with Crippen LogP contribution in [0.2, 0.25) is 5.02 Å². The minimum absolute atomic E-state index is 0.214. The van der Waals surface area contributed by atoms with Crippen molar-refractivity contribution in [1.82, 2.24) is 14.5 Å². The third-order valence-electron chi connectivity index (χ3n) is 3.22. The van der Waals surface area contributed by atoms with Gasteiger partial charge in [-0.25, -0.2) is 9.97 Å². The zero-order chi connectivity index (χ0) is 15.5. The van der Waals surface area contributed by atoms with Crippen LogP contribution in [0.15, 0.2) is 55.2 Å². The largest absolute Gasteiger partial charge is 0.322 e. The fraction of sp³-hybridized carbons (Fsp3) is 0.0625. The lowest BCUT2D eigenvalue weighted by Gasteiger charge is -2.09. The Morgan fingerprint density at radius 2 is 2.09 bits per heavy atom. The zero-order valence-corrected chi connectivity index (χ0v) is 12.6. The number of carbonyl (C=O) groups excluding carboxylic acids is 1. The van der Waals surface area contributed by atoms with E-state index in [-0.39, 0.29) is 5.91 Å². The number of nitrogens with one attached hydrogen (secondary N) is 1. The van der Waals surface area contributed by atoms with Crippen molar-refractivity contribution in [3.8, 4) is 5.82 Å². The van der Waals surface area contributed by atoms with Crippen LogP contribution >= 0.6 is 11.6 Å². The summed E-state index contributed by atoms with van der Waals surface area (Å²) in [7, 11) is 0. The van der Waals surface area contributed by atoms with E-state index in [2.05, 4.69) is 15.3 Å². The predicted molar refractivity (Wildman–Crippen MR) is 85.5 cm³/mol. The van der Waals surface area contributed by atoms with Crippen molar-refractivity contribution >= 4 is 23.2 Å². The maximum Gasteiger partial charge on any atom is 0.255 e. The Kier molecular flexibility index (Phi) is 3.89. The molecule has 3 rings (SSSR count). The lowest BCUT2D eigenvalue weighted by Crippen LogP contribution is -2.13. The molecule has 110 valence electrons. The van der Waals surface area contributed by atoms with Gasteiger partial charge in [0.25, 0.3) is 5.91 Å². The smallest absolute Gasteiger partial charge is 0.255 e. The summed E-state index contributed by atoms with van der Waals surface area (Å²) < 4.78 is 1.74. The molecule has 0 aliphatic carbocycles. The topological polar surface area (TPSA) is 59.8 Å². The highest BCUT2D eigenvalue weighted by Gasteiger charge is 2.10. The molecule has 0 saturated heterocycles. The number of halogens is 1. The summed E-state index contributed by atoms with van der Waals surface area (Å²) in [5, 5.41) is 3.44. The maximum atomic E-state index is 12.4. The van der Waals surface area contributed by atoms with Crippen molar-refractivity contribution in [2.75, 3.05) is 5.32 Å².